The van der Waals surface area contributed by atoms with Crippen molar-refractivity contribution in [3.63, 3.8) is 0 Å². The van der Waals surface area contributed by atoms with Gasteiger partial charge >= 0.3 is 0 Å². The maximum atomic E-state index is 4.93. The first-order valence-corrected chi connectivity index (χ1v) is 13.9. The molecule has 4 aromatic heterocycles. The van der Waals surface area contributed by atoms with Gasteiger partial charge in [-0.05, 0) is 60.7 Å². The Morgan fingerprint density at radius 3 is 1.61 bits per heavy atom. The SMILES string of the molecule is c1ccc(-n2c3ccccc3c3c4ncccc4n(-c4cccc(-n5c6ccccc6c6ccccc65)c4)c32)cc1. The molecule has 0 unspecified atom stereocenters. The van der Waals surface area contributed by atoms with Gasteiger partial charge in [0.15, 0.2) is 0 Å². The Morgan fingerprint density at radius 1 is 0.390 bits per heavy atom. The van der Waals surface area contributed by atoms with Crippen LogP contribution in [-0.2, 0) is 0 Å². The number of fused-ring (bicyclic) bond motifs is 8. The van der Waals surface area contributed by atoms with Gasteiger partial charge < -0.3 is 4.57 Å². The van der Waals surface area contributed by atoms with E-state index in [-0.39, 0.29) is 0 Å². The van der Waals surface area contributed by atoms with Crippen molar-refractivity contribution >= 4 is 54.8 Å². The highest BCUT2D eigenvalue weighted by Crippen LogP contribution is 2.40. The topological polar surface area (TPSA) is 27.7 Å². The van der Waals surface area contributed by atoms with Crippen LogP contribution >= 0.6 is 0 Å². The molecular formula is C37H24N4. The zero-order chi connectivity index (χ0) is 26.9. The Hall–Kier alpha value is -5.61. The van der Waals surface area contributed by atoms with Crippen LogP contribution < -0.4 is 0 Å². The van der Waals surface area contributed by atoms with Gasteiger partial charge in [0.1, 0.15) is 5.65 Å². The van der Waals surface area contributed by atoms with Crippen LogP contribution in [-0.4, -0.2) is 18.7 Å². The summed E-state index contributed by atoms with van der Waals surface area (Å²) < 4.78 is 7.13. The molecule has 0 N–H and O–H groups in total. The van der Waals surface area contributed by atoms with Gasteiger partial charge in [0.25, 0.3) is 0 Å². The molecule has 5 aromatic carbocycles. The summed E-state index contributed by atoms with van der Waals surface area (Å²) >= 11 is 0. The number of nitrogens with zero attached hydrogens (tertiary/aromatic N) is 4. The van der Waals surface area contributed by atoms with Crippen LogP contribution in [0.2, 0.25) is 0 Å². The molecule has 0 saturated carbocycles. The fraction of sp³-hybridized carbons (Fsp3) is 0. The zero-order valence-corrected chi connectivity index (χ0v) is 22.1. The van der Waals surface area contributed by atoms with E-state index >= 15 is 0 Å². The van der Waals surface area contributed by atoms with Crippen LogP contribution in [0.25, 0.3) is 71.8 Å². The molecule has 0 fully saturated rings. The molecule has 0 atom stereocenters. The van der Waals surface area contributed by atoms with Crippen LogP contribution in [0.1, 0.15) is 0 Å². The lowest BCUT2D eigenvalue weighted by Crippen LogP contribution is -2.03. The number of aromatic nitrogens is 4. The Balaban J connectivity index is 1.41. The predicted molar refractivity (Wildman–Crippen MR) is 170 cm³/mol. The van der Waals surface area contributed by atoms with E-state index in [1.165, 1.54) is 38.1 Å². The first kappa shape index (κ1) is 22.2. The van der Waals surface area contributed by atoms with Crippen molar-refractivity contribution in [1.82, 2.24) is 18.7 Å². The Labute approximate surface area is 235 Å². The molecule has 0 radical (unpaired) electrons. The Kier molecular flexibility index (Phi) is 4.58. The molecule has 9 aromatic rings. The van der Waals surface area contributed by atoms with Crippen LogP contribution in [0.4, 0.5) is 0 Å². The molecule has 0 spiro atoms. The van der Waals surface area contributed by atoms with Crippen LogP contribution in [0.5, 0.6) is 0 Å². The van der Waals surface area contributed by atoms with Gasteiger partial charge in [0, 0.05) is 39.4 Å². The maximum absolute atomic E-state index is 4.93. The third-order valence-corrected chi connectivity index (χ3v) is 8.27. The second-order valence-corrected chi connectivity index (χ2v) is 10.5. The van der Waals surface area contributed by atoms with Gasteiger partial charge in [-0.25, -0.2) is 0 Å². The molecule has 0 aliphatic rings. The van der Waals surface area contributed by atoms with E-state index in [1.54, 1.807) is 0 Å². The molecule has 0 saturated heterocycles. The van der Waals surface area contributed by atoms with E-state index in [1.807, 2.05) is 12.3 Å². The summed E-state index contributed by atoms with van der Waals surface area (Å²) in [5, 5.41) is 4.89. The van der Waals surface area contributed by atoms with Gasteiger partial charge in [-0.1, -0.05) is 78.9 Å². The average molecular weight is 525 g/mol. The number of rotatable bonds is 3. The molecule has 0 bridgehead atoms. The molecule has 41 heavy (non-hydrogen) atoms. The molecule has 192 valence electrons. The number of para-hydroxylation sites is 4. The molecule has 4 heterocycles. The van der Waals surface area contributed by atoms with Crippen molar-refractivity contribution in [2.24, 2.45) is 0 Å². The van der Waals surface area contributed by atoms with E-state index < -0.39 is 0 Å². The lowest BCUT2D eigenvalue weighted by Gasteiger charge is -2.15. The van der Waals surface area contributed by atoms with Crippen molar-refractivity contribution < 1.29 is 0 Å². The molecule has 4 heteroatoms. The summed E-state index contributed by atoms with van der Waals surface area (Å²) in [6.07, 6.45) is 1.90. The minimum absolute atomic E-state index is 1.01. The summed E-state index contributed by atoms with van der Waals surface area (Å²) in [6.45, 7) is 0. The molecule has 0 aliphatic heterocycles. The fourth-order valence-electron chi connectivity index (χ4n) is 6.63. The third kappa shape index (κ3) is 3.07. The smallest absolute Gasteiger partial charge is 0.133 e. The normalized spacial score (nSPS) is 11.9. The summed E-state index contributed by atoms with van der Waals surface area (Å²) in [7, 11) is 0. The summed E-state index contributed by atoms with van der Waals surface area (Å²) in [6, 6.07) is 49.7. The molecule has 9 rings (SSSR count). The first-order valence-electron chi connectivity index (χ1n) is 13.9. The van der Waals surface area contributed by atoms with Gasteiger partial charge in [-0.2, -0.15) is 0 Å². The van der Waals surface area contributed by atoms with E-state index in [0.29, 0.717) is 0 Å². The van der Waals surface area contributed by atoms with Gasteiger partial charge in [0.05, 0.1) is 33.0 Å². The highest BCUT2D eigenvalue weighted by Gasteiger charge is 2.23. The standard InChI is InChI=1S/C37H24N4/c1-2-12-25(13-3-1)40-33-21-9-6-18-30(33)35-36-34(22-11-23-38-36)41(37(35)40)27-15-10-14-26(24-27)39-31-19-7-4-16-28(31)29-17-5-8-20-32(29)39/h1-24H. The number of hydrogen-bond donors (Lipinski definition) is 0. The van der Waals surface area contributed by atoms with Crippen LogP contribution in [0, 0.1) is 0 Å². The molecule has 0 amide bonds. The van der Waals surface area contributed by atoms with Gasteiger partial charge in [-0.3, -0.25) is 14.1 Å². The minimum Gasteiger partial charge on any atom is -0.309 e. The van der Waals surface area contributed by atoms with Crippen molar-refractivity contribution in [3.05, 3.63) is 146 Å². The van der Waals surface area contributed by atoms with Crippen molar-refractivity contribution in [2.45, 2.75) is 0 Å². The second-order valence-electron chi connectivity index (χ2n) is 10.5. The number of hydrogen-bond acceptors (Lipinski definition) is 1. The Morgan fingerprint density at radius 2 is 0.902 bits per heavy atom. The second kappa shape index (κ2) is 8.44. The molecule has 4 nitrogen and oxygen atoms in total. The van der Waals surface area contributed by atoms with E-state index in [2.05, 4.69) is 147 Å². The Bertz CT molecular complexity index is 2370. The van der Waals surface area contributed by atoms with Gasteiger partial charge in [0.2, 0.25) is 0 Å². The van der Waals surface area contributed by atoms with Crippen LogP contribution in [0.3, 0.4) is 0 Å². The van der Waals surface area contributed by atoms with Crippen LogP contribution in [0.15, 0.2) is 146 Å². The monoisotopic (exact) mass is 524 g/mol. The van der Waals surface area contributed by atoms with Crippen molar-refractivity contribution in [1.29, 1.82) is 0 Å². The zero-order valence-electron chi connectivity index (χ0n) is 22.1. The minimum atomic E-state index is 1.01. The van der Waals surface area contributed by atoms with Crippen molar-refractivity contribution in [3.8, 4) is 17.1 Å². The lowest BCUT2D eigenvalue weighted by molar-refractivity contribution is 1.06. The quantitative estimate of drug-likeness (QED) is 0.226. The summed E-state index contributed by atoms with van der Waals surface area (Å²) in [5.74, 6) is 0. The highest BCUT2D eigenvalue weighted by molar-refractivity contribution is 6.21. The third-order valence-electron chi connectivity index (χ3n) is 8.27. The summed E-state index contributed by atoms with van der Waals surface area (Å²) in [5.41, 5.74) is 10.1. The fourth-order valence-corrected chi connectivity index (χ4v) is 6.63. The average Bonchev–Trinajstić information content (AvgIpc) is 3.67. The van der Waals surface area contributed by atoms with E-state index in [0.717, 1.165) is 33.7 Å². The number of benzene rings is 5. The largest absolute Gasteiger partial charge is 0.309 e. The number of pyridine rings is 1. The molecule has 0 aliphatic carbocycles. The maximum Gasteiger partial charge on any atom is 0.133 e. The van der Waals surface area contributed by atoms with E-state index in [9.17, 15) is 0 Å². The first-order chi connectivity index (χ1) is 20.4. The highest BCUT2D eigenvalue weighted by atomic mass is 15.1. The summed E-state index contributed by atoms with van der Waals surface area (Å²) in [4.78, 5) is 4.93. The van der Waals surface area contributed by atoms with Gasteiger partial charge in [-0.15, -0.1) is 0 Å². The van der Waals surface area contributed by atoms with E-state index in [4.69, 9.17) is 4.98 Å². The van der Waals surface area contributed by atoms with Crippen molar-refractivity contribution in [2.75, 3.05) is 0 Å². The lowest BCUT2D eigenvalue weighted by atomic mass is 10.2. The molecular weight excluding hydrogens is 500 g/mol. The predicted octanol–water partition coefficient (Wildman–Crippen LogP) is 9.22.